The first-order valence-electron chi connectivity index (χ1n) is 4.36. The molecule has 5 nitrogen and oxygen atoms in total. The van der Waals surface area contributed by atoms with Gasteiger partial charge in [0.2, 0.25) is 5.91 Å². The van der Waals surface area contributed by atoms with E-state index in [1.165, 1.54) is 0 Å². The molecule has 1 saturated heterocycles. The highest BCUT2D eigenvalue weighted by molar-refractivity contribution is 5.80. The Bertz CT molecular complexity index is 282. The van der Waals surface area contributed by atoms with E-state index in [1.807, 2.05) is 0 Å². The third-order valence-electron chi connectivity index (χ3n) is 2.18. The molecule has 1 aliphatic rings. The van der Waals surface area contributed by atoms with Crippen LogP contribution in [0.2, 0.25) is 0 Å². The van der Waals surface area contributed by atoms with Crippen LogP contribution < -0.4 is 10.6 Å². The molecule has 0 radical (unpaired) electrons. The molecule has 1 aliphatic heterocycles. The van der Waals surface area contributed by atoms with E-state index >= 15 is 0 Å². The maximum Gasteiger partial charge on any atom is 0.405 e. The summed E-state index contributed by atoms with van der Waals surface area (Å²) in [6.07, 6.45) is 5.07. The van der Waals surface area contributed by atoms with E-state index in [9.17, 15) is 9.59 Å². The van der Waals surface area contributed by atoms with E-state index in [-0.39, 0.29) is 11.8 Å². The topological polar surface area (TPSA) is 78.4 Å². The van der Waals surface area contributed by atoms with Gasteiger partial charge in [-0.2, -0.15) is 0 Å². The summed E-state index contributed by atoms with van der Waals surface area (Å²) in [5.74, 6) is 2.10. The minimum Gasteiger partial charge on any atom is -0.465 e. The largest absolute Gasteiger partial charge is 0.465 e. The molecule has 0 unspecified atom stereocenters. The Morgan fingerprint density at radius 3 is 3.00 bits per heavy atom. The molecule has 5 heteroatoms. The van der Waals surface area contributed by atoms with Gasteiger partial charge in [0.1, 0.15) is 0 Å². The zero-order valence-corrected chi connectivity index (χ0v) is 7.62. The van der Waals surface area contributed by atoms with E-state index in [4.69, 9.17) is 11.5 Å². The normalized spacial score (nSPS) is 22.2. The number of amides is 2. The molecule has 0 bridgehead atoms. The minimum atomic E-state index is -1.16. The molecule has 0 aromatic heterocycles. The minimum absolute atomic E-state index is 0.0440. The molecular weight excluding hydrogens is 184 g/mol. The fourth-order valence-electron chi connectivity index (χ4n) is 1.47. The number of nitrogens with one attached hydrogen (secondary N) is 2. The summed E-state index contributed by atoms with van der Waals surface area (Å²) in [4.78, 5) is 21.5. The van der Waals surface area contributed by atoms with Crippen molar-refractivity contribution in [2.45, 2.75) is 18.9 Å². The lowest BCUT2D eigenvalue weighted by atomic mass is 9.99. The van der Waals surface area contributed by atoms with Crippen molar-refractivity contribution in [3.05, 3.63) is 0 Å². The van der Waals surface area contributed by atoms with Gasteiger partial charge in [0.15, 0.2) is 0 Å². The van der Waals surface area contributed by atoms with Crippen molar-refractivity contribution in [1.82, 2.24) is 10.6 Å². The molecular formula is C9H12N2O3. The van der Waals surface area contributed by atoms with E-state index in [0.717, 1.165) is 6.42 Å². The molecule has 14 heavy (non-hydrogen) atoms. The summed E-state index contributed by atoms with van der Waals surface area (Å²) < 4.78 is 0. The average Bonchev–Trinajstić information content (AvgIpc) is 2.50. The van der Waals surface area contributed by atoms with Crippen LogP contribution in [-0.2, 0) is 4.79 Å². The summed E-state index contributed by atoms with van der Waals surface area (Å²) in [6.45, 7) is 0.647. The maximum absolute atomic E-state index is 11.2. The molecule has 1 rings (SSSR count). The predicted molar refractivity (Wildman–Crippen MR) is 49.5 cm³/mol. The molecule has 0 aromatic rings. The summed E-state index contributed by atoms with van der Waals surface area (Å²) >= 11 is 0. The van der Waals surface area contributed by atoms with Gasteiger partial charge in [-0.25, -0.2) is 4.79 Å². The molecule has 76 valence electrons. The SMILES string of the molecule is C#C[C@H](C[C@@H]1CCNC1=O)NC(=O)O. The second-order valence-corrected chi connectivity index (χ2v) is 3.18. The van der Waals surface area contributed by atoms with Gasteiger partial charge in [-0.3, -0.25) is 4.79 Å². The fourth-order valence-corrected chi connectivity index (χ4v) is 1.47. The van der Waals surface area contributed by atoms with Crippen LogP contribution in [0, 0.1) is 18.3 Å². The second kappa shape index (κ2) is 4.51. The van der Waals surface area contributed by atoms with Gasteiger partial charge >= 0.3 is 6.09 Å². The lowest BCUT2D eigenvalue weighted by Gasteiger charge is -2.13. The Morgan fingerprint density at radius 2 is 2.57 bits per heavy atom. The fraction of sp³-hybridized carbons (Fsp3) is 0.556. The van der Waals surface area contributed by atoms with Crippen molar-refractivity contribution in [2.75, 3.05) is 6.54 Å². The average molecular weight is 196 g/mol. The van der Waals surface area contributed by atoms with E-state index in [0.29, 0.717) is 13.0 Å². The third kappa shape index (κ3) is 2.66. The van der Waals surface area contributed by atoms with E-state index in [2.05, 4.69) is 16.6 Å². The Balaban J connectivity index is 2.44. The Kier molecular flexibility index (Phi) is 3.35. The van der Waals surface area contributed by atoms with Crippen molar-refractivity contribution in [3.8, 4) is 12.3 Å². The number of carbonyl (C=O) groups excluding carboxylic acids is 1. The summed E-state index contributed by atoms with van der Waals surface area (Å²) in [7, 11) is 0. The van der Waals surface area contributed by atoms with Gasteiger partial charge < -0.3 is 15.7 Å². The molecule has 0 aromatic carbocycles. The van der Waals surface area contributed by atoms with Crippen LogP contribution in [0.15, 0.2) is 0 Å². The zero-order chi connectivity index (χ0) is 10.6. The third-order valence-corrected chi connectivity index (χ3v) is 2.18. The van der Waals surface area contributed by atoms with E-state index in [1.54, 1.807) is 0 Å². The molecule has 0 saturated carbocycles. The van der Waals surface area contributed by atoms with E-state index < -0.39 is 12.1 Å². The summed E-state index contributed by atoms with van der Waals surface area (Å²) in [5, 5.41) is 13.3. The number of carboxylic acid groups (broad SMARTS) is 1. The van der Waals surface area contributed by atoms with Crippen LogP contribution in [0.3, 0.4) is 0 Å². The van der Waals surface area contributed by atoms with Gasteiger partial charge in [0.25, 0.3) is 0 Å². The lowest BCUT2D eigenvalue weighted by molar-refractivity contribution is -0.122. The Morgan fingerprint density at radius 1 is 1.86 bits per heavy atom. The number of rotatable bonds is 3. The molecule has 3 N–H and O–H groups in total. The van der Waals surface area contributed by atoms with Crippen molar-refractivity contribution >= 4 is 12.0 Å². The Hall–Kier alpha value is -1.70. The molecule has 0 aliphatic carbocycles. The number of terminal acetylenes is 1. The van der Waals surface area contributed by atoms with Crippen LogP contribution in [0.25, 0.3) is 0 Å². The molecule has 1 fully saturated rings. The van der Waals surface area contributed by atoms with Crippen molar-refractivity contribution in [2.24, 2.45) is 5.92 Å². The van der Waals surface area contributed by atoms with Crippen LogP contribution in [0.5, 0.6) is 0 Å². The van der Waals surface area contributed by atoms with Crippen molar-refractivity contribution < 1.29 is 14.7 Å². The highest BCUT2D eigenvalue weighted by Gasteiger charge is 2.26. The first-order chi connectivity index (χ1) is 6.63. The molecule has 0 spiro atoms. The second-order valence-electron chi connectivity index (χ2n) is 3.18. The lowest BCUT2D eigenvalue weighted by Crippen LogP contribution is -2.35. The first-order valence-corrected chi connectivity index (χ1v) is 4.36. The Labute approximate surface area is 81.9 Å². The van der Waals surface area contributed by atoms with Crippen LogP contribution in [-0.4, -0.2) is 29.7 Å². The highest BCUT2D eigenvalue weighted by Crippen LogP contribution is 2.15. The van der Waals surface area contributed by atoms with Crippen LogP contribution >= 0.6 is 0 Å². The van der Waals surface area contributed by atoms with Gasteiger partial charge in [0, 0.05) is 12.5 Å². The summed E-state index contributed by atoms with van der Waals surface area (Å²) in [5.41, 5.74) is 0. The highest BCUT2D eigenvalue weighted by atomic mass is 16.4. The first kappa shape index (κ1) is 10.4. The molecule has 2 atom stereocenters. The number of hydrogen-bond donors (Lipinski definition) is 3. The predicted octanol–water partition coefficient (Wildman–Crippen LogP) is -0.218. The van der Waals surface area contributed by atoms with Crippen LogP contribution in [0.1, 0.15) is 12.8 Å². The van der Waals surface area contributed by atoms with Crippen LogP contribution in [0.4, 0.5) is 4.79 Å². The van der Waals surface area contributed by atoms with Crippen molar-refractivity contribution in [1.29, 1.82) is 0 Å². The summed E-state index contributed by atoms with van der Waals surface area (Å²) in [6, 6.07) is -0.582. The monoisotopic (exact) mass is 196 g/mol. The number of hydrogen-bond acceptors (Lipinski definition) is 2. The van der Waals surface area contributed by atoms with Gasteiger partial charge in [-0.05, 0) is 12.8 Å². The molecule has 2 amide bonds. The maximum atomic E-state index is 11.2. The molecule has 1 heterocycles. The number of carbonyl (C=O) groups is 2. The van der Waals surface area contributed by atoms with Crippen molar-refractivity contribution in [3.63, 3.8) is 0 Å². The standard InChI is InChI=1S/C9H12N2O3/c1-2-7(11-9(13)14)5-6-3-4-10-8(6)12/h1,6-7,11H,3-5H2,(H,10,12)(H,13,14)/t6-,7+/m0/s1. The quantitative estimate of drug-likeness (QED) is 0.546. The van der Waals surface area contributed by atoms with Gasteiger partial charge in [-0.15, -0.1) is 6.42 Å². The zero-order valence-electron chi connectivity index (χ0n) is 7.62. The van der Waals surface area contributed by atoms with Gasteiger partial charge in [-0.1, -0.05) is 5.92 Å². The van der Waals surface area contributed by atoms with Gasteiger partial charge in [0.05, 0.1) is 6.04 Å². The smallest absolute Gasteiger partial charge is 0.405 e.